The number of aryl methyl sites for hydroxylation is 1. The van der Waals surface area contributed by atoms with Crippen LogP contribution in [-0.4, -0.2) is 74.3 Å². The van der Waals surface area contributed by atoms with E-state index in [1.165, 1.54) is 5.69 Å². The Labute approximate surface area is 173 Å². The molecule has 0 atom stereocenters. The van der Waals surface area contributed by atoms with E-state index in [2.05, 4.69) is 32.2 Å². The van der Waals surface area contributed by atoms with Gasteiger partial charge in [0.25, 0.3) is 0 Å². The van der Waals surface area contributed by atoms with Gasteiger partial charge in [-0.1, -0.05) is 6.07 Å². The summed E-state index contributed by atoms with van der Waals surface area (Å²) in [5, 5.41) is 3.09. The van der Waals surface area contributed by atoms with Crippen LogP contribution in [0.25, 0.3) is 0 Å². The largest absolute Gasteiger partial charge is 0.378 e. The van der Waals surface area contributed by atoms with E-state index in [1.54, 1.807) is 12.4 Å². The van der Waals surface area contributed by atoms with Gasteiger partial charge in [-0.15, -0.1) is 0 Å². The normalized spacial score (nSPS) is 14.1. The lowest BCUT2D eigenvalue weighted by molar-refractivity contribution is 0.122. The molecule has 0 radical (unpaired) electrons. The van der Waals surface area contributed by atoms with Crippen molar-refractivity contribution in [1.82, 2.24) is 14.8 Å². The van der Waals surface area contributed by atoms with E-state index < -0.39 is 0 Å². The molecule has 0 bridgehead atoms. The number of benzene rings is 1. The Hall–Kier alpha value is -2.64. The number of morpholine rings is 1. The van der Waals surface area contributed by atoms with Crippen molar-refractivity contribution in [3.8, 4) is 0 Å². The van der Waals surface area contributed by atoms with Crippen LogP contribution in [0.4, 0.5) is 16.2 Å². The number of aromatic nitrogens is 1. The van der Waals surface area contributed by atoms with Crippen LogP contribution in [0.3, 0.4) is 0 Å². The second-order valence-electron chi connectivity index (χ2n) is 7.61. The molecule has 1 fully saturated rings. The monoisotopic (exact) mass is 397 g/mol. The maximum Gasteiger partial charge on any atom is 0.322 e. The number of carbonyl (C=O) groups is 1. The van der Waals surface area contributed by atoms with E-state index in [4.69, 9.17) is 4.74 Å². The van der Waals surface area contributed by atoms with Crippen LogP contribution in [0.5, 0.6) is 0 Å². The number of nitrogens with zero attached hydrogens (tertiary/aromatic N) is 4. The van der Waals surface area contributed by atoms with Gasteiger partial charge >= 0.3 is 6.03 Å². The van der Waals surface area contributed by atoms with Gasteiger partial charge in [0.15, 0.2) is 0 Å². The smallest absolute Gasteiger partial charge is 0.322 e. The zero-order valence-electron chi connectivity index (χ0n) is 17.6. The van der Waals surface area contributed by atoms with Gasteiger partial charge in [0.05, 0.1) is 13.2 Å². The Morgan fingerprint density at radius 3 is 2.66 bits per heavy atom. The molecule has 1 saturated heterocycles. The summed E-state index contributed by atoms with van der Waals surface area (Å²) < 4.78 is 5.43. The molecule has 2 heterocycles. The number of urea groups is 1. The molecule has 1 N–H and O–H groups in total. The number of nitrogens with one attached hydrogen (secondary N) is 1. The van der Waals surface area contributed by atoms with Crippen molar-refractivity contribution < 1.29 is 9.53 Å². The minimum Gasteiger partial charge on any atom is -0.378 e. The second kappa shape index (κ2) is 10.2. The van der Waals surface area contributed by atoms with Gasteiger partial charge in [0.2, 0.25) is 0 Å². The maximum absolute atomic E-state index is 13.0. The summed E-state index contributed by atoms with van der Waals surface area (Å²) in [5.74, 6) is 0. The predicted octanol–water partition coefficient (Wildman–Crippen LogP) is 2.82. The van der Waals surface area contributed by atoms with E-state index >= 15 is 0 Å². The highest BCUT2D eigenvalue weighted by Gasteiger charge is 2.17. The Morgan fingerprint density at radius 1 is 1.21 bits per heavy atom. The SMILES string of the molecule is Cc1cc(N2CCOCC2)ccc1NC(=O)N(CCN(C)C)Cc1cccnc1. The van der Waals surface area contributed by atoms with E-state index in [1.807, 2.05) is 44.1 Å². The van der Waals surface area contributed by atoms with Crippen LogP contribution in [0.2, 0.25) is 0 Å². The molecule has 3 rings (SSSR count). The van der Waals surface area contributed by atoms with Gasteiger partial charge in [0.1, 0.15) is 0 Å². The van der Waals surface area contributed by atoms with Crippen LogP contribution in [0.1, 0.15) is 11.1 Å². The fourth-order valence-corrected chi connectivity index (χ4v) is 3.29. The molecule has 1 aliphatic rings. The topological polar surface area (TPSA) is 60.9 Å². The first-order valence-corrected chi connectivity index (χ1v) is 10.1. The summed E-state index contributed by atoms with van der Waals surface area (Å²) in [6, 6.07) is 9.98. The Kier molecular flexibility index (Phi) is 7.43. The molecule has 0 unspecified atom stereocenters. The van der Waals surface area contributed by atoms with Crippen molar-refractivity contribution in [3.05, 3.63) is 53.9 Å². The standard InChI is InChI=1S/C22H31N5O2/c1-18-15-20(26-11-13-29-14-12-26)6-7-21(18)24-22(28)27(10-9-25(2)3)17-19-5-4-8-23-16-19/h4-8,15-16H,9-14,17H2,1-3H3,(H,24,28). The Bertz CT molecular complexity index is 791. The van der Waals surface area contributed by atoms with E-state index in [0.717, 1.165) is 49.7 Å². The van der Waals surface area contributed by atoms with Crippen LogP contribution >= 0.6 is 0 Å². The molecule has 1 aliphatic heterocycles. The second-order valence-corrected chi connectivity index (χ2v) is 7.61. The molecule has 2 amide bonds. The summed E-state index contributed by atoms with van der Waals surface area (Å²) in [6.45, 7) is 7.30. The first kappa shape index (κ1) is 21.1. The van der Waals surface area contributed by atoms with Gasteiger partial charge in [0, 0.05) is 56.5 Å². The zero-order valence-corrected chi connectivity index (χ0v) is 17.6. The van der Waals surface area contributed by atoms with Crippen molar-refractivity contribution >= 4 is 17.4 Å². The molecule has 7 nitrogen and oxygen atoms in total. The summed E-state index contributed by atoms with van der Waals surface area (Å²) in [7, 11) is 4.02. The van der Waals surface area contributed by atoms with Crippen molar-refractivity contribution in [3.63, 3.8) is 0 Å². The van der Waals surface area contributed by atoms with Crippen molar-refractivity contribution in [1.29, 1.82) is 0 Å². The Morgan fingerprint density at radius 2 is 2.00 bits per heavy atom. The molecule has 0 spiro atoms. The lowest BCUT2D eigenvalue weighted by atomic mass is 10.1. The molecule has 0 aliphatic carbocycles. The number of pyridine rings is 1. The molecule has 2 aromatic rings. The van der Waals surface area contributed by atoms with Crippen LogP contribution in [0.15, 0.2) is 42.7 Å². The lowest BCUT2D eigenvalue weighted by Crippen LogP contribution is -2.39. The lowest BCUT2D eigenvalue weighted by Gasteiger charge is -2.29. The van der Waals surface area contributed by atoms with Gasteiger partial charge in [-0.05, 0) is 56.4 Å². The van der Waals surface area contributed by atoms with Gasteiger partial charge in [-0.3, -0.25) is 4.98 Å². The first-order chi connectivity index (χ1) is 14.0. The zero-order chi connectivity index (χ0) is 20.6. The minimum atomic E-state index is -0.0991. The highest BCUT2D eigenvalue weighted by Crippen LogP contribution is 2.24. The average molecular weight is 398 g/mol. The van der Waals surface area contributed by atoms with Crippen LogP contribution in [-0.2, 0) is 11.3 Å². The van der Waals surface area contributed by atoms with Crippen LogP contribution in [0, 0.1) is 6.92 Å². The molecule has 1 aromatic heterocycles. The quantitative estimate of drug-likeness (QED) is 0.779. The number of hydrogen-bond acceptors (Lipinski definition) is 5. The van der Waals surface area contributed by atoms with Gasteiger partial charge in [-0.2, -0.15) is 0 Å². The number of rotatable bonds is 7. The molecule has 7 heteroatoms. The Balaban J connectivity index is 1.68. The molecular formula is C22H31N5O2. The first-order valence-electron chi connectivity index (χ1n) is 10.1. The summed E-state index contributed by atoms with van der Waals surface area (Å²) in [4.78, 5) is 23.4. The van der Waals surface area contributed by atoms with E-state index in [9.17, 15) is 4.79 Å². The van der Waals surface area contributed by atoms with Gasteiger partial charge < -0.3 is 24.8 Å². The highest BCUT2D eigenvalue weighted by atomic mass is 16.5. The molecule has 0 saturated carbocycles. The summed E-state index contributed by atoms with van der Waals surface area (Å²) in [6.07, 6.45) is 3.55. The van der Waals surface area contributed by atoms with Crippen molar-refractivity contribution in [2.75, 3.05) is 63.7 Å². The van der Waals surface area contributed by atoms with Gasteiger partial charge in [-0.25, -0.2) is 4.79 Å². The van der Waals surface area contributed by atoms with Crippen molar-refractivity contribution in [2.24, 2.45) is 0 Å². The summed E-state index contributed by atoms with van der Waals surface area (Å²) >= 11 is 0. The molecule has 29 heavy (non-hydrogen) atoms. The fourth-order valence-electron chi connectivity index (χ4n) is 3.29. The number of carbonyl (C=O) groups excluding carboxylic acids is 1. The number of anilines is 2. The average Bonchev–Trinajstić information content (AvgIpc) is 2.73. The number of likely N-dealkylation sites (N-methyl/N-ethyl adjacent to an activating group) is 1. The third kappa shape index (κ3) is 6.17. The van der Waals surface area contributed by atoms with E-state index in [0.29, 0.717) is 13.1 Å². The maximum atomic E-state index is 13.0. The molecule has 1 aromatic carbocycles. The number of amides is 2. The van der Waals surface area contributed by atoms with Crippen molar-refractivity contribution in [2.45, 2.75) is 13.5 Å². The fraction of sp³-hybridized carbons (Fsp3) is 0.455. The minimum absolute atomic E-state index is 0.0991. The third-order valence-corrected chi connectivity index (χ3v) is 5.03. The van der Waals surface area contributed by atoms with E-state index in [-0.39, 0.29) is 6.03 Å². The number of hydrogen-bond donors (Lipinski definition) is 1. The number of ether oxygens (including phenoxy) is 1. The molecular weight excluding hydrogens is 366 g/mol. The van der Waals surface area contributed by atoms with Crippen LogP contribution < -0.4 is 10.2 Å². The summed E-state index contributed by atoms with van der Waals surface area (Å²) in [5.41, 5.74) is 4.08. The third-order valence-electron chi connectivity index (χ3n) is 5.03. The highest BCUT2D eigenvalue weighted by molar-refractivity contribution is 5.90. The molecule has 156 valence electrons. The predicted molar refractivity (Wildman–Crippen MR) is 116 cm³/mol.